The molecule has 180 valence electrons. The molecule has 1 aromatic carbocycles. The minimum atomic E-state index is -3.86. The number of piperidine rings is 1. The summed E-state index contributed by atoms with van der Waals surface area (Å²) in [7, 11) is -1.69. The Balaban J connectivity index is 1.58. The maximum Gasteiger partial charge on any atom is 0.269 e. The lowest BCUT2D eigenvalue weighted by atomic mass is 9.98. The van der Waals surface area contributed by atoms with Crippen molar-refractivity contribution < 1.29 is 8.42 Å². The Kier molecular flexibility index (Phi) is 5.82. The van der Waals surface area contributed by atoms with Crippen LogP contribution in [0.1, 0.15) is 48.7 Å². The van der Waals surface area contributed by atoms with Crippen LogP contribution in [0.2, 0.25) is 0 Å². The molecule has 0 saturated carbocycles. The van der Waals surface area contributed by atoms with Gasteiger partial charge in [-0.1, -0.05) is 24.3 Å². The van der Waals surface area contributed by atoms with E-state index in [-0.39, 0.29) is 4.90 Å². The molecule has 1 aliphatic heterocycles. The van der Waals surface area contributed by atoms with Gasteiger partial charge in [0.25, 0.3) is 10.0 Å². The highest BCUT2D eigenvalue weighted by molar-refractivity contribution is 7.90. The summed E-state index contributed by atoms with van der Waals surface area (Å²) in [6.45, 7) is 2.16. The van der Waals surface area contributed by atoms with Gasteiger partial charge in [0.2, 0.25) is 0 Å². The molecule has 8 heteroatoms. The fourth-order valence-corrected chi connectivity index (χ4v) is 7.82. The second-order valence-electron chi connectivity index (χ2n) is 9.45. The van der Waals surface area contributed by atoms with Gasteiger partial charge in [-0.05, 0) is 82.1 Å². The maximum absolute atomic E-state index is 14.0. The normalized spacial score (nSPS) is 17.8. The van der Waals surface area contributed by atoms with Gasteiger partial charge < -0.3 is 4.90 Å². The fourth-order valence-electron chi connectivity index (χ4n) is 5.30. The number of rotatable bonds is 5. The number of hydrogen-bond acceptors (Lipinski definition) is 6. The van der Waals surface area contributed by atoms with Gasteiger partial charge in [-0.15, -0.1) is 11.3 Å². The number of aromatic nitrogens is 3. The van der Waals surface area contributed by atoms with E-state index in [0.717, 1.165) is 78.1 Å². The summed E-state index contributed by atoms with van der Waals surface area (Å²) in [5.74, 6) is 0.457. The first-order chi connectivity index (χ1) is 17.0. The van der Waals surface area contributed by atoms with Gasteiger partial charge in [-0.2, -0.15) is 0 Å². The van der Waals surface area contributed by atoms with Crippen LogP contribution < -0.4 is 0 Å². The van der Waals surface area contributed by atoms with Crippen LogP contribution in [-0.2, 0) is 10.0 Å². The molecule has 1 fully saturated rings. The highest BCUT2D eigenvalue weighted by atomic mass is 32.2. The van der Waals surface area contributed by atoms with Crippen molar-refractivity contribution in [1.82, 2.24) is 18.8 Å². The van der Waals surface area contributed by atoms with E-state index < -0.39 is 10.0 Å². The van der Waals surface area contributed by atoms with Crippen molar-refractivity contribution in [2.45, 2.75) is 42.9 Å². The Hall–Kier alpha value is -2.81. The van der Waals surface area contributed by atoms with Crippen molar-refractivity contribution in [2.75, 3.05) is 20.1 Å². The van der Waals surface area contributed by atoms with E-state index in [1.54, 1.807) is 41.8 Å². The summed E-state index contributed by atoms with van der Waals surface area (Å²) in [4.78, 5) is 12.3. The van der Waals surface area contributed by atoms with Crippen LogP contribution in [0, 0.1) is 0 Å². The molecule has 0 N–H and O–H groups in total. The second kappa shape index (κ2) is 9.00. The first-order valence-corrected chi connectivity index (χ1v) is 14.5. The van der Waals surface area contributed by atoms with Crippen LogP contribution in [0.25, 0.3) is 27.9 Å². The lowest BCUT2D eigenvalue weighted by Gasteiger charge is -2.27. The predicted molar refractivity (Wildman–Crippen MR) is 141 cm³/mol. The van der Waals surface area contributed by atoms with E-state index in [0.29, 0.717) is 11.6 Å². The quantitative estimate of drug-likeness (QED) is 0.345. The lowest BCUT2D eigenvalue weighted by Crippen LogP contribution is -2.29. The van der Waals surface area contributed by atoms with Crippen LogP contribution in [0.4, 0.5) is 0 Å². The maximum atomic E-state index is 14.0. The van der Waals surface area contributed by atoms with Crippen LogP contribution in [0.5, 0.6) is 0 Å². The molecule has 1 saturated heterocycles. The fraction of sp³-hybridized carbons (Fsp3) is 0.333. The standard InChI is InChI=1S/C27H28N4O2S2/c1-30-16-13-20(14-17-30)27-29-23(18-34-27)24-22-12-7-15-28-26(22)31(25(24)19-8-5-6-9-19)35(32,33)21-10-3-2-4-11-21/h2-4,7-8,10-12,15,18,20H,5-6,9,13-14,16-17H2,1H3. The molecule has 4 aromatic rings. The summed E-state index contributed by atoms with van der Waals surface area (Å²) < 4.78 is 29.5. The number of fused-ring (bicyclic) bond motifs is 1. The molecule has 35 heavy (non-hydrogen) atoms. The summed E-state index contributed by atoms with van der Waals surface area (Å²) in [5.41, 5.74) is 3.98. The monoisotopic (exact) mass is 504 g/mol. The average Bonchev–Trinajstić information content (AvgIpc) is 3.63. The molecule has 3 aromatic heterocycles. The van der Waals surface area contributed by atoms with Gasteiger partial charge in [0.1, 0.15) is 0 Å². The van der Waals surface area contributed by atoms with Crippen molar-refractivity contribution in [3.63, 3.8) is 0 Å². The van der Waals surface area contributed by atoms with Gasteiger partial charge in [-0.25, -0.2) is 22.4 Å². The van der Waals surface area contributed by atoms with Crippen molar-refractivity contribution in [3.8, 4) is 11.3 Å². The number of pyridine rings is 1. The molecule has 6 nitrogen and oxygen atoms in total. The van der Waals surface area contributed by atoms with Crippen molar-refractivity contribution in [3.05, 3.63) is 70.8 Å². The number of benzene rings is 1. The van der Waals surface area contributed by atoms with Gasteiger partial charge in [0.15, 0.2) is 5.65 Å². The van der Waals surface area contributed by atoms with E-state index in [1.165, 1.54) is 3.97 Å². The number of allylic oxidation sites excluding steroid dienone is 2. The van der Waals surface area contributed by atoms with Crippen LogP contribution >= 0.6 is 11.3 Å². The average molecular weight is 505 g/mol. The molecule has 0 bridgehead atoms. The van der Waals surface area contributed by atoms with E-state index in [9.17, 15) is 8.42 Å². The molecule has 0 amide bonds. The smallest absolute Gasteiger partial charge is 0.269 e. The van der Waals surface area contributed by atoms with E-state index in [1.807, 2.05) is 18.2 Å². The number of likely N-dealkylation sites (tertiary alicyclic amines) is 1. The zero-order valence-electron chi connectivity index (χ0n) is 19.7. The predicted octanol–water partition coefficient (Wildman–Crippen LogP) is 5.77. The molecule has 1 aliphatic carbocycles. The van der Waals surface area contributed by atoms with Crippen molar-refractivity contribution in [2.24, 2.45) is 0 Å². The van der Waals surface area contributed by atoms with E-state index in [4.69, 9.17) is 4.98 Å². The Morgan fingerprint density at radius 1 is 1.06 bits per heavy atom. The zero-order chi connectivity index (χ0) is 24.0. The molecule has 6 rings (SSSR count). The van der Waals surface area contributed by atoms with Gasteiger partial charge in [0.05, 0.1) is 21.3 Å². The molecule has 0 radical (unpaired) electrons. The molecular weight excluding hydrogens is 476 g/mol. The largest absolute Gasteiger partial charge is 0.306 e. The minimum absolute atomic E-state index is 0.263. The molecular formula is C27H28N4O2S2. The molecule has 2 aliphatic rings. The van der Waals surface area contributed by atoms with Crippen LogP contribution in [0.3, 0.4) is 0 Å². The Labute approximate surface area is 210 Å². The highest BCUT2D eigenvalue weighted by Gasteiger charge is 2.32. The van der Waals surface area contributed by atoms with Gasteiger partial charge in [-0.3, -0.25) is 0 Å². The number of hydrogen-bond donors (Lipinski definition) is 0. The van der Waals surface area contributed by atoms with Gasteiger partial charge >= 0.3 is 0 Å². The summed E-state index contributed by atoms with van der Waals surface area (Å²) in [5, 5.41) is 4.08. The Bertz CT molecular complexity index is 1510. The number of nitrogens with zero attached hydrogens (tertiary/aromatic N) is 4. The zero-order valence-corrected chi connectivity index (χ0v) is 21.4. The summed E-state index contributed by atoms with van der Waals surface area (Å²) in [6.07, 6.45) is 8.87. The third-order valence-corrected chi connectivity index (χ3v) is 9.87. The van der Waals surface area contributed by atoms with E-state index >= 15 is 0 Å². The molecule has 0 spiro atoms. The summed E-state index contributed by atoms with van der Waals surface area (Å²) in [6, 6.07) is 12.5. The lowest BCUT2D eigenvalue weighted by molar-refractivity contribution is 0.255. The summed E-state index contributed by atoms with van der Waals surface area (Å²) >= 11 is 1.70. The topological polar surface area (TPSA) is 68.1 Å². The van der Waals surface area contributed by atoms with Crippen LogP contribution in [0.15, 0.2) is 65.0 Å². The number of thiazole rings is 1. The highest BCUT2D eigenvalue weighted by Crippen LogP contribution is 2.44. The third-order valence-electron chi connectivity index (χ3n) is 7.16. The molecule has 0 atom stereocenters. The van der Waals surface area contributed by atoms with Crippen LogP contribution in [-0.4, -0.2) is 47.4 Å². The minimum Gasteiger partial charge on any atom is -0.306 e. The Morgan fingerprint density at radius 3 is 2.60 bits per heavy atom. The van der Waals surface area contributed by atoms with E-state index in [2.05, 4.69) is 28.4 Å². The molecule has 0 unspecified atom stereocenters. The van der Waals surface area contributed by atoms with Gasteiger partial charge in [0, 0.05) is 28.4 Å². The Morgan fingerprint density at radius 2 is 1.86 bits per heavy atom. The second-order valence-corrected chi connectivity index (χ2v) is 12.1. The SMILES string of the molecule is CN1CCC(c2nc(-c3c(C4=CCCC4)n(S(=O)(=O)c4ccccc4)c4ncccc34)cs2)CC1. The molecule has 4 heterocycles. The first-order valence-electron chi connectivity index (χ1n) is 12.2. The third kappa shape index (κ3) is 3.93. The van der Waals surface area contributed by atoms with Crippen molar-refractivity contribution in [1.29, 1.82) is 0 Å². The van der Waals surface area contributed by atoms with Crippen molar-refractivity contribution >= 4 is 38.0 Å². The first kappa shape index (κ1) is 22.6.